The van der Waals surface area contributed by atoms with Crippen LogP contribution in [0.4, 0.5) is 0 Å². The Labute approximate surface area is 151 Å². The van der Waals surface area contributed by atoms with Crippen LogP contribution in [0.3, 0.4) is 0 Å². The van der Waals surface area contributed by atoms with Crippen molar-refractivity contribution < 1.29 is 0 Å². The lowest BCUT2D eigenvalue weighted by Gasteiger charge is -2.34. The second-order valence-corrected chi connectivity index (χ2v) is 16.9. The third-order valence-corrected chi connectivity index (χ3v) is 6.42. The SMILES string of the molecule is CC(C)(C)c1cc(C(C)(C)C)c(P(=S)(Cl)Cl)c(C(C)(C)C)c1. The Balaban J connectivity index is 4.00. The fourth-order valence-electron chi connectivity index (χ4n) is 2.49. The summed E-state index contributed by atoms with van der Waals surface area (Å²) in [7, 11) is 0. The van der Waals surface area contributed by atoms with E-state index in [-0.39, 0.29) is 16.2 Å². The van der Waals surface area contributed by atoms with Crippen LogP contribution in [0.2, 0.25) is 0 Å². The molecule has 0 aliphatic carbocycles. The van der Waals surface area contributed by atoms with Gasteiger partial charge in [0.15, 0.2) is 0 Å². The van der Waals surface area contributed by atoms with Crippen LogP contribution in [0.1, 0.15) is 79.0 Å². The molecule has 0 radical (unpaired) electrons. The zero-order valence-corrected chi connectivity index (χ0v) is 18.5. The number of benzene rings is 1. The molecule has 0 unspecified atom stereocenters. The number of halogens is 2. The summed E-state index contributed by atoms with van der Waals surface area (Å²) in [6, 6.07) is 4.52. The molecule has 0 atom stereocenters. The summed E-state index contributed by atoms with van der Waals surface area (Å²) >= 11 is 18.6. The Hall–Kier alpha value is 0.450. The van der Waals surface area contributed by atoms with E-state index in [1.54, 1.807) is 0 Å². The molecule has 0 aliphatic heterocycles. The van der Waals surface area contributed by atoms with Gasteiger partial charge in [0.25, 0.3) is 0 Å². The standard InChI is InChI=1S/C18H29Cl2PS/c1-16(2,3)12-10-13(17(4,5)6)15(21(19,20)22)14(11-12)18(7,8)9/h10-11H,1-9H3. The van der Waals surface area contributed by atoms with E-state index in [0.717, 1.165) is 5.30 Å². The smallest absolute Gasteiger partial charge is 0.0632 e. The predicted octanol–water partition coefficient (Wildman–Crippen LogP) is 6.99. The van der Waals surface area contributed by atoms with Crippen LogP contribution in [0.5, 0.6) is 0 Å². The molecule has 0 saturated heterocycles. The van der Waals surface area contributed by atoms with Gasteiger partial charge in [0.2, 0.25) is 0 Å². The Morgan fingerprint density at radius 1 is 0.727 bits per heavy atom. The molecule has 126 valence electrons. The van der Waals surface area contributed by atoms with Gasteiger partial charge in [-0.1, -0.05) is 109 Å². The molecule has 22 heavy (non-hydrogen) atoms. The Bertz CT molecular complexity index is 572. The van der Waals surface area contributed by atoms with Gasteiger partial charge in [0, 0.05) is 5.30 Å². The predicted molar refractivity (Wildman–Crippen MR) is 108 cm³/mol. The maximum atomic E-state index is 6.54. The highest BCUT2D eigenvalue weighted by molar-refractivity contribution is 8.42. The van der Waals surface area contributed by atoms with Crippen LogP contribution in [-0.4, -0.2) is 0 Å². The third-order valence-electron chi connectivity index (χ3n) is 3.85. The average Bonchev–Trinajstić information content (AvgIpc) is 2.22. The van der Waals surface area contributed by atoms with Crippen molar-refractivity contribution in [2.24, 2.45) is 0 Å². The van der Waals surface area contributed by atoms with Crippen molar-refractivity contribution in [3.63, 3.8) is 0 Å². The zero-order chi connectivity index (χ0) is 17.7. The van der Waals surface area contributed by atoms with Crippen LogP contribution in [0, 0.1) is 0 Å². The van der Waals surface area contributed by atoms with Crippen LogP contribution >= 0.6 is 27.2 Å². The van der Waals surface area contributed by atoms with Crippen molar-refractivity contribution in [2.75, 3.05) is 0 Å². The molecule has 0 bridgehead atoms. The Morgan fingerprint density at radius 3 is 1.23 bits per heavy atom. The minimum Gasteiger partial charge on any atom is -0.0632 e. The fraction of sp³-hybridized carbons (Fsp3) is 0.667. The van der Waals surface area contributed by atoms with Crippen LogP contribution in [0.25, 0.3) is 0 Å². The largest absolute Gasteiger partial charge is 0.147 e. The summed E-state index contributed by atoms with van der Waals surface area (Å²) in [6.07, 6.45) is 0. The van der Waals surface area contributed by atoms with E-state index in [1.165, 1.54) is 16.7 Å². The van der Waals surface area contributed by atoms with Crippen LogP contribution in [0.15, 0.2) is 12.1 Å². The second kappa shape index (κ2) is 6.07. The van der Waals surface area contributed by atoms with E-state index in [9.17, 15) is 0 Å². The van der Waals surface area contributed by atoms with Gasteiger partial charge in [-0.3, -0.25) is 0 Å². The van der Waals surface area contributed by atoms with Crippen molar-refractivity contribution >= 4 is 44.3 Å². The highest BCUT2D eigenvalue weighted by Gasteiger charge is 2.33. The van der Waals surface area contributed by atoms with Crippen LogP contribution < -0.4 is 5.30 Å². The maximum Gasteiger partial charge on any atom is 0.147 e. The van der Waals surface area contributed by atoms with Gasteiger partial charge in [-0.05, 0) is 32.9 Å². The molecular weight excluding hydrogens is 350 g/mol. The van der Waals surface area contributed by atoms with E-state index in [4.69, 9.17) is 34.3 Å². The van der Waals surface area contributed by atoms with E-state index in [2.05, 4.69) is 74.4 Å². The quantitative estimate of drug-likeness (QED) is 0.474. The van der Waals surface area contributed by atoms with Crippen molar-refractivity contribution in [3.05, 3.63) is 28.8 Å². The highest BCUT2D eigenvalue weighted by Crippen LogP contribution is 2.59. The van der Waals surface area contributed by atoms with Crippen LogP contribution in [-0.2, 0) is 28.1 Å². The first-order valence-electron chi connectivity index (χ1n) is 7.65. The lowest BCUT2D eigenvalue weighted by atomic mass is 9.75. The molecule has 0 N–H and O–H groups in total. The van der Waals surface area contributed by atoms with Gasteiger partial charge in [-0.25, -0.2) is 0 Å². The van der Waals surface area contributed by atoms with Gasteiger partial charge in [0.05, 0.1) is 0 Å². The van der Waals surface area contributed by atoms with E-state index in [0.29, 0.717) is 0 Å². The normalized spacial score (nSPS) is 14.3. The second-order valence-electron chi connectivity index (χ2n) is 9.13. The maximum absolute atomic E-state index is 6.54. The molecule has 1 aromatic rings. The summed E-state index contributed by atoms with van der Waals surface area (Å²) in [6.45, 7) is 19.9. The number of rotatable bonds is 1. The van der Waals surface area contributed by atoms with Gasteiger partial charge in [-0.2, -0.15) is 0 Å². The molecule has 1 rings (SSSR count). The monoisotopic (exact) mass is 378 g/mol. The number of hydrogen-bond acceptors (Lipinski definition) is 1. The van der Waals surface area contributed by atoms with Crippen molar-refractivity contribution in [1.82, 2.24) is 0 Å². The third kappa shape index (κ3) is 4.73. The molecular formula is C18H29Cl2PS. The fourth-order valence-corrected chi connectivity index (χ4v) is 5.53. The van der Waals surface area contributed by atoms with E-state index < -0.39 is 4.74 Å². The summed E-state index contributed by atoms with van der Waals surface area (Å²) in [5.41, 5.74) is 3.66. The molecule has 0 fully saturated rings. The average molecular weight is 379 g/mol. The lowest BCUT2D eigenvalue weighted by Crippen LogP contribution is -2.31. The summed E-state index contributed by atoms with van der Waals surface area (Å²) in [4.78, 5) is 0. The van der Waals surface area contributed by atoms with Gasteiger partial charge in [0.1, 0.15) is 4.74 Å². The summed E-state index contributed by atoms with van der Waals surface area (Å²) in [5.74, 6) is 0. The minimum atomic E-state index is -2.58. The Morgan fingerprint density at radius 2 is 1.05 bits per heavy atom. The van der Waals surface area contributed by atoms with E-state index >= 15 is 0 Å². The molecule has 0 nitrogen and oxygen atoms in total. The van der Waals surface area contributed by atoms with Crippen molar-refractivity contribution in [1.29, 1.82) is 0 Å². The van der Waals surface area contributed by atoms with E-state index in [1.807, 2.05) is 0 Å². The van der Waals surface area contributed by atoms with Gasteiger partial charge in [-0.15, -0.1) is 0 Å². The highest BCUT2D eigenvalue weighted by atomic mass is 35.9. The van der Waals surface area contributed by atoms with Crippen molar-refractivity contribution in [3.8, 4) is 0 Å². The first-order valence-corrected chi connectivity index (χ1v) is 12.3. The van der Waals surface area contributed by atoms with Gasteiger partial charge >= 0.3 is 0 Å². The first kappa shape index (κ1) is 20.5. The molecule has 0 saturated carbocycles. The lowest BCUT2D eigenvalue weighted by molar-refractivity contribution is 0.554. The summed E-state index contributed by atoms with van der Waals surface area (Å²) in [5, 5.41) is 0.999. The van der Waals surface area contributed by atoms with Crippen molar-refractivity contribution in [2.45, 2.75) is 78.6 Å². The minimum absolute atomic E-state index is 0.0512. The molecule has 0 amide bonds. The van der Waals surface area contributed by atoms with Gasteiger partial charge < -0.3 is 0 Å². The molecule has 0 heterocycles. The first-order chi connectivity index (χ1) is 9.45. The zero-order valence-electron chi connectivity index (χ0n) is 15.3. The molecule has 1 aromatic carbocycles. The number of hydrogen-bond donors (Lipinski definition) is 0. The molecule has 4 heteroatoms. The topological polar surface area (TPSA) is 0 Å². The molecule has 0 spiro atoms. The molecule has 0 aliphatic rings. The summed E-state index contributed by atoms with van der Waals surface area (Å²) < 4.78 is -2.58. The molecule has 0 aromatic heterocycles. The Kier molecular flexibility index (Phi) is 5.65.